The molecule has 0 spiro atoms. The van der Waals surface area contributed by atoms with Crippen LogP contribution in [0.15, 0.2) is 40.5 Å². The Balaban J connectivity index is 1.93. The first-order valence-electron chi connectivity index (χ1n) is 6.89. The maximum Gasteiger partial charge on any atom is 0.319 e. The highest BCUT2D eigenvalue weighted by Crippen LogP contribution is 2.33. The van der Waals surface area contributed by atoms with Crippen molar-refractivity contribution in [3.8, 4) is 0 Å². The normalized spacial score (nSPS) is 12.2. The lowest BCUT2D eigenvalue weighted by Gasteiger charge is -2.11. The third kappa shape index (κ3) is 4.97. The standard InChI is InChI=1S/C15H14F3NO2S2/c1-2-11(14(20)21-8-7-9(16)13(17)18)22-15-19-10-5-3-4-6-12(10)23-15/h3-6,11H,2,7-8H2,1H3. The molecule has 0 aliphatic rings. The summed E-state index contributed by atoms with van der Waals surface area (Å²) in [5.74, 6) is -2.10. The number of ether oxygens (including phenoxy) is 1. The topological polar surface area (TPSA) is 39.2 Å². The van der Waals surface area contributed by atoms with Crippen LogP contribution in [-0.4, -0.2) is 22.8 Å². The van der Waals surface area contributed by atoms with Crippen molar-refractivity contribution in [2.24, 2.45) is 0 Å². The molecule has 0 aliphatic heterocycles. The summed E-state index contributed by atoms with van der Waals surface area (Å²) in [4.78, 5) is 16.4. The van der Waals surface area contributed by atoms with Crippen molar-refractivity contribution in [1.29, 1.82) is 0 Å². The first-order chi connectivity index (χ1) is 11.0. The number of thioether (sulfide) groups is 1. The fourth-order valence-corrected chi connectivity index (χ4v) is 3.98. The minimum Gasteiger partial charge on any atom is -0.464 e. The van der Waals surface area contributed by atoms with Gasteiger partial charge in [-0.3, -0.25) is 4.79 Å². The van der Waals surface area contributed by atoms with Gasteiger partial charge in [-0.1, -0.05) is 30.8 Å². The number of carbonyl (C=O) groups is 1. The lowest BCUT2D eigenvalue weighted by molar-refractivity contribution is -0.143. The number of para-hydroxylation sites is 1. The van der Waals surface area contributed by atoms with Gasteiger partial charge in [-0.2, -0.15) is 8.78 Å². The fraction of sp³-hybridized carbons (Fsp3) is 0.333. The summed E-state index contributed by atoms with van der Waals surface area (Å²) < 4.78 is 43.1. The van der Waals surface area contributed by atoms with E-state index >= 15 is 0 Å². The van der Waals surface area contributed by atoms with Crippen LogP contribution in [0.4, 0.5) is 13.2 Å². The van der Waals surface area contributed by atoms with Crippen LogP contribution in [0.3, 0.4) is 0 Å². The Hall–Kier alpha value is -1.54. The van der Waals surface area contributed by atoms with E-state index < -0.39 is 36.2 Å². The molecule has 23 heavy (non-hydrogen) atoms. The van der Waals surface area contributed by atoms with Crippen molar-refractivity contribution in [2.75, 3.05) is 6.61 Å². The Morgan fingerprint density at radius 3 is 2.74 bits per heavy atom. The molecule has 0 saturated heterocycles. The molecular formula is C15H14F3NO2S2. The molecule has 0 saturated carbocycles. The van der Waals surface area contributed by atoms with Crippen molar-refractivity contribution >= 4 is 39.3 Å². The lowest BCUT2D eigenvalue weighted by Crippen LogP contribution is -2.20. The number of aromatic nitrogens is 1. The molecule has 3 nitrogen and oxygen atoms in total. The van der Waals surface area contributed by atoms with Gasteiger partial charge in [0.05, 0.1) is 16.8 Å². The van der Waals surface area contributed by atoms with Gasteiger partial charge in [-0.05, 0) is 18.6 Å². The Labute approximate surface area is 139 Å². The number of benzene rings is 1. The number of thiazole rings is 1. The molecular weight excluding hydrogens is 347 g/mol. The molecule has 124 valence electrons. The molecule has 0 fully saturated rings. The van der Waals surface area contributed by atoms with E-state index in [0.717, 1.165) is 14.6 Å². The first-order valence-corrected chi connectivity index (χ1v) is 8.59. The second-order valence-corrected chi connectivity index (χ2v) is 7.03. The summed E-state index contributed by atoms with van der Waals surface area (Å²) in [5.41, 5.74) is 0.855. The molecule has 0 bridgehead atoms. The summed E-state index contributed by atoms with van der Waals surface area (Å²) in [5, 5.41) is -0.502. The van der Waals surface area contributed by atoms with Crippen LogP contribution in [0.2, 0.25) is 0 Å². The highest BCUT2D eigenvalue weighted by atomic mass is 32.2. The van der Waals surface area contributed by atoms with Crippen molar-refractivity contribution in [2.45, 2.75) is 29.4 Å². The van der Waals surface area contributed by atoms with E-state index in [1.165, 1.54) is 23.1 Å². The Morgan fingerprint density at radius 2 is 2.09 bits per heavy atom. The highest BCUT2D eigenvalue weighted by molar-refractivity contribution is 8.02. The van der Waals surface area contributed by atoms with Crippen LogP contribution in [0.25, 0.3) is 10.2 Å². The van der Waals surface area contributed by atoms with E-state index in [4.69, 9.17) is 4.74 Å². The van der Waals surface area contributed by atoms with E-state index in [0.29, 0.717) is 6.42 Å². The number of hydrogen-bond donors (Lipinski definition) is 0. The summed E-state index contributed by atoms with van der Waals surface area (Å²) in [6.45, 7) is 1.41. The van der Waals surface area contributed by atoms with Crippen molar-refractivity contribution < 1.29 is 22.7 Å². The first kappa shape index (κ1) is 17.8. The number of halogens is 3. The zero-order valence-electron chi connectivity index (χ0n) is 12.2. The predicted octanol–water partition coefficient (Wildman–Crippen LogP) is 5.18. The number of nitrogens with zero attached hydrogens (tertiary/aromatic N) is 1. The monoisotopic (exact) mass is 361 g/mol. The zero-order chi connectivity index (χ0) is 16.8. The van der Waals surface area contributed by atoms with Gasteiger partial charge < -0.3 is 4.74 Å². The second kappa shape index (κ2) is 8.35. The summed E-state index contributed by atoms with van der Waals surface area (Å²) in [7, 11) is 0. The summed E-state index contributed by atoms with van der Waals surface area (Å²) >= 11 is 2.74. The van der Waals surface area contributed by atoms with Gasteiger partial charge in [0.25, 0.3) is 0 Å². The smallest absolute Gasteiger partial charge is 0.319 e. The van der Waals surface area contributed by atoms with E-state index in [-0.39, 0.29) is 0 Å². The predicted molar refractivity (Wildman–Crippen MR) is 85.5 cm³/mol. The Bertz CT molecular complexity index is 681. The van der Waals surface area contributed by atoms with Crippen LogP contribution in [0, 0.1) is 0 Å². The van der Waals surface area contributed by atoms with Gasteiger partial charge in [0.2, 0.25) is 0 Å². The maximum absolute atomic E-state index is 12.6. The highest BCUT2D eigenvalue weighted by Gasteiger charge is 2.21. The summed E-state index contributed by atoms with van der Waals surface area (Å²) in [6, 6.07) is 7.62. The number of fused-ring (bicyclic) bond motifs is 1. The molecule has 1 unspecified atom stereocenters. The van der Waals surface area contributed by atoms with E-state index in [1.54, 1.807) is 0 Å². The molecule has 0 amide bonds. The molecule has 0 aliphatic carbocycles. The molecule has 1 atom stereocenters. The lowest BCUT2D eigenvalue weighted by atomic mass is 10.3. The summed E-state index contributed by atoms with van der Waals surface area (Å²) in [6.07, 6.45) is -2.50. The number of esters is 1. The number of carbonyl (C=O) groups excluding carboxylic acids is 1. The van der Waals surface area contributed by atoms with Crippen molar-refractivity contribution in [3.05, 3.63) is 36.2 Å². The van der Waals surface area contributed by atoms with Gasteiger partial charge in [0, 0.05) is 6.42 Å². The zero-order valence-corrected chi connectivity index (χ0v) is 13.9. The molecule has 1 heterocycles. The minimum atomic E-state index is -2.38. The van der Waals surface area contributed by atoms with Crippen molar-refractivity contribution in [1.82, 2.24) is 4.98 Å². The van der Waals surface area contributed by atoms with Gasteiger partial charge in [0.1, 0.15) is 5.25 Å². The van der Waals surface area contributed by atoms with Gasteiger partial charge in [-0.25, -0.2) is 9.37 Å². The molecule has 1 aromatic heterocycles. The van der Waals surface area contributed by atoms with Crippen LogP contribution in [0.5, 0.6) is 0 Å². The minimum absolute atomic E-state index is 0.404. The molecule has 8 heteroatoms. The maximum atomic E-state index is 12.6. The van der Waals surface area contributed by atoms with Crippen LogP contribution >= 0.6 is 23.1 Å². The van der Waals surface area contributed by atoms with E-state index in [9.17, 15) is 18.0 Å². The third-order valence-electron chi connectivity index (χ3n) is 2.92. The van der Waals surface area contributed by atoms with Crippen LogP contribution < -0.4 is 0 Å². The van der Waals surface area contributed by atoms with Gasteiger partial charge in [-0.15, -0.1) is 11.3 Å². The molecule has 2 aromatic rings. The average molecular weight is 361 g/mol. The molecule has 1 aromatic carbocycles. The fourth-order valence-electron chi connectivity index (χ4n) is 1.75. The van der Waals surface area contributed by atoms with Crippen LogP contribution in [-0.2, 0) is 9.53 Å². The SMILES string of the molecule is CCC(Sc1nc2ccccc2s1)C(=O)OCCC(F)=C(F)F. The largest absolute Gasteiger partial charge is 0.464 e. The quantitative estimate of drug-likeness (QED) is 0.503. The Morgan fingerprint density at radius 1 is 1.35 bits per heavy atom. The number of hydrogen-bond acceptors (Lipinski definition) is 5. The Kier molecular flexibility index (Phi) is 6.47. The van der Waals surface area contributed by atoms with Crippen molar-refractivity contribution in [3.63, 3.8) is 0 Å². The molecule has 2 rings (SSSR count). The van der Waals surface area contributed by atoms with Crippen LogP contribution in [0.1, 0.15) is 19.8 Å². The number of rotatable bonds is 7. The van der Waals surface area contributed by atoms with E-state index in [1.807, 2.05) is 31.2 Å². The van der Waals surface area contributed by atoms with Gasteiger partial charge >= 0.3 is 12.0 Å². The molecule has 0 N–H and O–H groups in total. The van der Waals surface area contributed by atoms with Gasteiger partial charge in [0.15, 0.2) is 10.2 Å². The third-order valence-corrected chi connectivity index (χ3v) is 5.39. The average Bonchev–Trinajstić information content (AvgIpc) is 2.94. The molecule has 0 radical (unpaired) electrons. The van der Waals surface area contributed by atoms with E-state index in [2.05, 4.69) is 4.98 Å². The second-order valence-electron chi connectivity index (χ2n) is 4.55.